The van der Waals surface area contributed by atoms with E-state index in [2.05, 4.69) is 0 Å². The molecular weight excluding hydrogens is 132 g/mol. The molecule has 3 N–H and O–H groups in total. The molecule has 0 aliphatic heterocycles. The summed E-state index contributed by atoms with van der Waals surface area (Å²) in [6.07, 6.45) is 0.188. The van der Waals surface area contributed by atoms with Gasteiger partial charge in [0.15, 0.2) is 0 Å². The first-order chi connectivity index (χ1) is 4.59. The summed E-state index contributed by atoms with van der Waals surface area (Å²) in [6.45, 7) is 1.64. The molecule has 0 bridgehead atoms. The number of hydrogen-bond donors (Lipinski definition) is 2. The van der Waals surface area contributed by atoms with E-state index in [1.807, 2.05) is 6.07 Å². The summed E-state index contributed by atoms with van der Waals surface area (Å²) in [5.74, 6) is -1.33. The Morgan fingerprint density at radius 1 is 1.90 bits per heavy atom. The molecule has 0 heterocycles. The van der Waals surface area contributed by atoms with Crippen LogP contribution in [0.2, 0.25) is 0 Å². The van der Waals surface area contributed by atoms with Crippen molar-refractivity contribution in [3.63, 3.8) is 0 Å². The van der Waals surface area contributed by atoms with Gasteiger partial charge in [-0.1, -0.05) is 6.92 Å². The quantitative estimate of drug-likeness (QED) is 0.578. The number of carboxylic acid groups (broad SMARTS) is 1. The first-order valence-electron chi connectivity index (χ1n) is 2.95. The molecule has 0 radical (unpaired) electrons. The molecule has 0 aromatic rings. The maximum Gasteiger partial charge on any atom is 0.320 e. The van der Waals surface area contributed by atoms with Gasteiger partial charge in [-0.25, -0.2) is 0 Å². The third-order valence-electron chi connectivity index (χ3n) is 1.31. The molecule has 0 rings (SSSR count). The monoisotopic (exact) mass is 142 g/mol. The van der Waals surface area contributed by atoms with Gasteiger partial charge in [0.25, 0.3) is 0 Å². The fourth-order valence-corrected chi connectivity index (χ4v) is 0.514. The minimum atomic E-state index is -1.05. The van der Waals surface area contributed by atoms with Crippen molar-refractivity contribution in [2.75, 3.05) is 0 Å². The second kappa shape index (κ2) is 3.85. The summed E-state index contributed by atoms with van der Waals surface area (Å²) in [4.78, 5) is 10.2. The molecule has 0 aromatic carbocycles. The molecule has 0 spiro atoms. The van der Waals surface area contributed by atoms with Crippen LogP contribution in [0.1, 0.15) is 13.3 Å². The number of rotatable bonds is 3. The van der Waals surface area contributed by atoms with Gasteiger partial charge in [-0.2, -0.15) is 5.26 Å². The van der Waals surface area contributed by atoms with Gasteiger partial charge in [0.1, 0.15) is 6.04 Å². The summed E-state index contributed by atoms with van der Waals surface area (Å²) >= 11 is 0. The lowest BCUT2D eigenvalue weighted by Gasteiger charge is -2.10. The van der Waals surface area contributed by atoms with Crippen molar-refractivity contribution in [1.29, 1.82) is 5.26 Å². The van der Waals surface area contributed by atoms with E-state index in [4.69, 9.17) is 16.1 Å². The zero-order chi connectivity index (χ0) is 8.15. The number of aliphatic carboxylic acids is 1. The number of nitriles is 1. The first-order valence-corrected chi connectivity index (χ1v) is 2.95. The van der Waals surface area contributed by atoms with Gasteiger partial charge >= 0.3 is 5.97 Å². The number of carbonyl (C=O) groups is 1. The summed E-state index contributed by atoms with van der Waals surface area (Å²) in [5.41, 5.74) is 5.20. The Morgan fingerprint density at radius 2 is 2.40 bits per heavy atom. The molecule has 10 heavy (non-hydrogen) atoms. The minimum absolute atomic E-state index is 0.188. The molecule has 56 valence electrons. The van der Waals surface area contributed by atoms with Crippen LogP contribution in [0, 0.1) is 17.2 Å². The summed E-state index contributed by atoms with van der Waals surface area (Å²) in [6, 6.07) is 0.943. The Hall–Kier alpha value is -1.08. The van der Waals surface area contributed by atoms with Crippen LogP contribution in [-0.4, -0.2) is 17.1 Å². The van der Waals surface area contributed by atoms with Crippen molar-refractivity contribution >= 4 is 5.97 Å². The van der Waals surface area contributed by atoms with Crippen LogP contribution in [-0.2, 0) is 4.79 Å². The second-order valence-electron chi connectivity index (χ2n) is 2.20. The van der Waals surface area contributed by atoms with Crippen molar-refractivity contribution in [1.82, 2.24) is 0 Å². The molecule has 0 fully saturated rings. The van der Waals surface area contributed by atoms with Crippen molar-refractivity contribution in [3.8, 4) is 6.07 Å². The highest BCUT2D eigenvalue weighted by atomic mass is 16.4. The van der Waals surface area contributed by atoms with Crippen LogP contribution in [0.25, 0.3) is 0 Å². The van der Waals surface area contributed by atoms with Gasteiger partial charge < -0.3 is 10.8 Å². The van der Waals surface area contributed by atoms with Crippen LogP contribution in [0.4, 0.5) is 0 Å². The van der Waals surface area contributed by atoms with Crippen molar-refractivity contribution < 1.29 is 9.90 Å². The van der Waals surface area contributed by atoms with Crippen molar-refractivity contribution in [3.05, 3.63) is 0 Å². The van der Waals surface area contributed by atoms with Crippen LogP contribution in [0.3, 0.4) is 0 Å². The molecule has 0 amide bonds. The second-order valence-corrected chi connectivity index (χ2v) is 2.20. The molecule has 0 saturated carbocycles. The summed E-state index contributed by atoms with van der Waals surface area (Å²) in [7, 11) is 0. The Morgan fingerprint density at radius 3 is 2.70 bits per heavy atom. The van der Waals surface area contributed by atoms with Gasteiger partial charge in [0.05, 0.1) is 6.07 Å². The Labute approximate surface area is 59.3 Å². The highest BCUT2D eigenvalue weighted by Crippen LogP contribution is 2.04. The van der Waals surface area contributed by atoms with E-state index in [0.29, 0.717) is 0 Å². The standard InChI is InChI=1S/C6H10N2O2/c1-4(2-3-7)5(8)6(9)10/h4-5H,2,8H2,1H3,(H,9,10)/t4?,5-/m0/s1. The highest BCUT2D eigenvalue weighted by molar-refractivity contribution is 5.73. The maximum atomic E-state index is 10.2. The molecular formula is C6H10N2O2. The summed E-state index contributed by atoms with van der Waals surface area (Å²) < 4.78 is 0. The van der Waals surface area contributed by atoms with Gasteiger partial charge in [-0.15, -0.1) is 0 Å². The smallest absolute Gasteiger partial charge is 0.320 e. The predicted octanol–water partition coefficient (Wildman–Crippen LogP) is -0.0519. The summed E-state index contributed by atoms with van der Waals surface area (Å²) in [5, 5.41) is 16.5. The Bertz CT molecular complexity index is 162. The number of carboxylic acids is 1. The van der Waals surface area contributed by atoms with E-state index < -0.39 is 12.0 Å². The van der Waals surface area contributed by atoms with Crippen molar-refractivity contribution in [2.45, 2.75) is 19.4 Å². The number of hydrogen-bond acceptors (Lipinski definition) is 3. The van der Waals surface area contributed by atoms with E-state index in [0.717, 1.165) is 0 Å². The molecule has 0 saturated heterocycles. The van der Waals surface area contributed by atoms with Gasteiger partial charge in [0.2, 0.25) is 0 Å². The molecule has 4 heteroatoms. The maximum absolute atomic E-state index is 10.2. The van der Waals surface area contributed by atoms with Crippen LogP contribution >= 0.6 is 0 Å². The molecule has 0 aliphatic rings. The normalized spacial score (nSPS) is 15.3. The number of nitrogens with zero attached hydrogens (tertiary/aromatic N) is 1. The average Bonchev–Trinajstić information content (AvgIpc) is 1.87. The average molecular weight is 142 g/mol. The van der Waals surface area contributed by atoms with E-state index >= 15 is 0 Å². The van der Waals surface area contributed by atoms with Gasteiger partial charge in [-0.05, 0) is 5.92 Å². The predicted molar refractivity (Wildman–Crippen MR) is 35.0 cm³/mol. The molecule has 0 aromatic heterocycles. The van der Waals surface area contributed by atoms with Crippen molar-refractivity contribution in [2.24, 2.45) is 11.7 Å². The van der Waals surface area contributed by atoms with E-state index in [9.17, 15) is 4.79 Å². The molecule has 1 unspecified atom stereocenters. The lowest BCUT2D eigenvalue weighted by molar-refractivity contribution is -0.139. The minimum Gasteiger partial charge on any atom is -0.480 e. The zero-order valence-corrected chi connectivity index (χ0v) is 5.74. The van der Waals surface area contributed by atoms with E-state index in [1.54, 1.807) is 6.92 Å². The molecule has 4 nitrogen and oxygen atoms in total. The van der Waals surface area contributed by atoms with Crippen LogP contribution in [0.15, 0.2) is 0 Å². The first kappa shape index (κ1) is 8.92. The van der Waals surface area contributed by atoms with E-state index in [-0.39, 0.29) is 12.3 Å². The highest BCUT2D eigenvalue weighted by Gasteiger charge is 2.18. The molecule has 2 atom stereocenters. The lowest BCUT2D eigenvalue weighted by Crippen LogP contribution is -2.36. The third kappa shape index (κ3) is 2.46. The fourth-order valence-electron chi connectivity index (χ4n) is 0.514. The fraction of sp³-hybridized carbons (Fsp3) is 0.667. The van der Waals surface area contributed by atoms with E-state index in [1.165, 1.54) is 0 Å². The molecule has 0 aliphatic carbocycles. The van der Waals surface area contributed by atoms with Crippen LogP contribution in [0.5, 0.6) is 0 Å². The Balaban J connectivity index is 3.84. The topological polar surface area (TPSA) is 87.1 Å². The SMILES string of the molecule is CC(CC#N)[C@H](N)C(=O)O. The zero-order valence-electron chi connectivity index (χ0n) is 5.74. The van der Waals surface area contributed by atoms with Crippen LogP contribution < -0.4 is 5.73 Å². The third-order valence-corrected chi connectivity index (χ3v) is 1.31. The Kier molecular flexibility index (Phi) is 3.44. The lowest BCUT2D eigenvalue weighted by atomic mass is 10.0. The largest absolute Gasteiger partial charge is 0.480 e. The van der Waals surface area contributed by atoms with Gasteiger partial charge in [-0.3, -0.25) is 4.79 Å². The van der Waals surface area contributed by atoms with Gasteiger partial charge in [0, 0.05) is 6.42 Å². The number of nitrogens with two attached hydrogens (primary N) is 1.